The molecular formula is C8H3F2LiN2O2. The zero-order chi connectivity index (χ0) is 10.8. The van der Waals surface area contributed by atoms with Crippen LogP contribution in [0.5, 0.6) is 0 Å². The van der Waals surface area contributed by atoms with Crippen molar-refractivity contribution in [3.05, 3.63) is 29.6 Å². The number of alkyl halides is 2. The summed E-state index contributed by atoms with van der Waals surface area (Å²) in [6.45, 7) is 0. The molecule has 0 fully saturated rings. The largest absolute Gasteiger partial charge is 1.00 e. The number of nitrogens with zero attached hydrogens (tertiary/aromatic N) is 2. The van der Waals surface area contributed by atoms with Crippen molar-refractivity contribution in [2.75, 3.05) is 0 Å². The number of carboxylic acid groups (broad SMARTS) is 1. The van der Waals surface area contributed by atoms with Crippen LogP contribution in [-0.4, -0.2) is 11.0 Å². The van der Waals surface area contributed by atoms with E-state index in [0.29, 0.717) is 6.20 Å². The van der Waals surface area contributed by atoms with E-state index in [2.05, 4.69) is 4.98 Å². The van der Waals surface area contributed by atoms with Crippen LogP contribution in [0.2, 0.25) is 0 Å². The van der Waals surface area contributed by atoms with E-state index < -0.39 is 17.5 Å². The summed E-state index contributed by atoms with van der Waals surface area (Å²) in [5.74, 6) is -6.64. The third-order valence-corrected chi connectivity index (χ3v) is 1.49. The number of carbonyl (C=O) groups is 1. The van der Waals surface area contributed by atoms with Gasteiger partial charge in [-0.15, -0.1) is 0 Å². The van der Waals surface area contributed by atoms with Gasteiger partial charge in [-0.25, -0.2) is 0 Å². The predicted molar refractivity (Wildman–Crippen MR) is 37.9 cm³/mol. The molecule has 0 amide bonds. The second-order valence-electron chi connectivity index (χ2n) is 2.44. The van der Waals surface area contributed by atoms with Crippen molar-refractivity contribution in [2.24, 2.45) is 0 Å². The molecule has 1 rings (SSSR count). The Labute approximate surface area is 95.7 Å². The minimum Gasteiger partial charge on any atom is -0.544 e. The van der Waals surface area contributed by atoms with Crippen LogP contribution in [0.1, 0.15) is 11.1 Å². The van der Waals surface area contributed by atoms with Gasteiger partial charge in [-0.1, -0.05) is 0 Å². The van der Waals surface area contributed by atoms with Gasteiger partial charge in [-0.05, 0) is 6.07 Å². The summed E-state index contributed by atoms with van der Waals surface area (Å²) in [6.07, 6.45) is 1.73. The average molecular weight is 204 g/mol. The zero-order valence-electron chi connectivity index (χ0n) is 7.70. The van der Waals surface area contributed by atoms with Gasteiger partial charge in [0.2, 0.25) is 0 Å². The first-order chi connectivity index (χ1) is 6.48. The van der Waals surface area contributed by atoms with E-state index in [0.717, 1.165) is 12.3 Å². The Morgan fingerprint density at radius 3 is 2.60 bits per heavy atom. The van der Waals surface area contributed by atoms with E-state index >= 15 is 0 Å². The second kappa shape index (κ2) is 4.88. The smallest absolute Gasteiger partial charge is 0.544 e. The van der Waals surface area contributed by atoms with Crippen LogP contribution in [0.25, 0.3) is 0 Å². The summed E-state index contributed by atoms with van der Waals surface area (Å²) in [4.78, 5) is 13.4. The molecule has 0 unspecified atom stereocenters. The zero-order valence-corrected chi connectivity index (χ0v) is 7.70. The Hall–Kier alpha value is -1.43. The first-order valence-electron chi connectivity index (χ1n) is 3.43. The number of carboxylic acids is 1. The Bertz CT molecular complexity index is 417. The Morgan fingerprint density at radius 2 is 2.13 bits per heavy atom. The Kier molecular flexibility index (Phi) is 4.41. The molecule has 0 aliphatic carbocycles. The van der Waals surface area contributed by atoms with Gasteiger partial charge in [-0.3, -0.25) is 4.98 Å². The SMILES string of the molecule is N#Cc1cncc(C(F)(F)C(=O)[O-])c1.[Li+]. The molecule has 1 aromatic heterocycles. The maximum Gasteiger partial charge on any atom is 1.00 e. The van der Waals surface area contributed by atoms with Crippen LogP contribution in [0.3, 0.4) is 0 Å². The van der Waals surface area contributed by atoms with Crippen molar-refractivity contribution in [1.29, 1.82) is 5.26 Å². The number of aromatic nitrogens is 1. The third kappa shape index (κ3) is 2.76. The molecule has 0 aliphatic heterocycles. The molecule has 0 aromatic carbocycles. The predicted octanol–water partition coefficient (Wildman–Crippen LogP) is -3.20. The molecule has 0 saturated heterocycles. The van der Waals surface area contributed by atoms with E-state index in [9.17, 15) is 18.7 Å². The molecule has 0 N–H and O–H groups in total. The number of halogens is 2. The number of carbonyl (C=O) groups excluding carboxylic acids is 1. The molecule has 1 heterocycles. The molecule has 7 heteroatoms. The quantitative estimate of drug-likeness (QED) is 0.475. The van der Waals surface area contributed by atoms with Crippen molar-refractivity contribution in [2.45, 2.75) is 5.92 Å². The van der Waals surface area contributed by atoms with Crippen LogP contribution in [0.4, 0.5) is 8.78 Å². The van der Waals surface area contributed by atoms with Crippen LogP contribution in [-0.2, 0) is 10.7 Å². The minimum atomic E-state index is -4.13. The van der Waals surface area contributed by atoms with Gasteiger partial charge in [0.15, 0.2) is 0 Å². The van der Waals surface area contributed by atoms with Gasteiger partial charge in [0.25, 0.3) is 0 Å². The first kappa shape index (κ1) is 13.6. The van der Waals surface area contributed by atoms with Crippen molar-refractivity contribution in [3.8, 4) is 6.07 Å². The molecule has 0 bridgehead atoms. The molecular weight excluding hydrogens is 201 g/mol. The Morgan fingerprint density at radius 1 is 1.53 bits per heavy atom. The monoisotopic (exact) mass is 204 g/mol. The summed E-state index contributed by atoms with van der Waals surface area (Å²) in [6, 6.07) is 2.32. The van der Waals surface area contributed by atoms with Crippen molar-refractivity contribution >= 4 is 5.97 Å². The van der Waals surface area contributed by atoms with E-state index in [1.54, 1.807) is 6.07 Å². The normalized spacial score (nSPS) is 9.93. The van der Waals surface area contributed by atoms with Crippen LogP contribution in [0.15, 0.2) is 18.5 Å². The summed E-state index contributed by atoms with van der Waals surface area (Å²) in [7, 11) is 0. The third-order valence-electron chi connectivity index (χ3n) is 1.49. The Balaban J connectivity index is 0.00000196. The van der Waals surface area contributed by atoms with Crippen LogP contribution in [0, 0.1) is 11.3 Å². The van der Waals surface area contributed by atoms with E-state index in [-0.39, 0.29) is 24.4 Å². The van der Waals surface area contributed by atoms with Crippen LogP contribution < -0.4 is 24.0 Å². The molecule has 0 saturated carbocycles. The van der Waals surface area contributed by atoms with Crippen molar-refractivity contribution < 1.29 is 37.5 Å². The van der Waals surface area contributed by atoms with Gasteiger partial charge >= 0.3 is 24.8 Å². The number of hydrogen-bond donors (Lipinski definition) is 0. The topological polar surface area (TPSA) is 76.8 Å². The molecule has 0 radical (unpaired) electrons. The van der Waals surface area contributed by atoms with Gasteiger partial charge in [0.05, 0.1) is 5.56 Å². The molecule has 0 atom stereocenters. The number of nitriles is 1. The minimum absolute atomic E-state index is 0. The van der Waals surface area contributed by atoms with Crippen LogP contribution >= 0.6 is 0 Å². The van der Waals surface area contributed by atoms with E-state index in [1.165, 1.54) is 0 Å². The van der Waals surface area contributed by atoms with Crippen molar-refractivity contribution in [1.82, 2.24) is 4.98 Å². The van der Waals surface area contributed by atoms with E-state index in [1.807, 2.05) is 0 Å². The van der Waals surface area contributed by atoms with Gasteiger partial charge in [0.1, 0.15) is 12.0 Å². The molecule has 0 aliphatic rings. The van der Waals surface area contributed by atoms with Gasteiger partial charge in [0, 0.05) is 18.0 Å². The molecule has 15 heavy (non-hydrogen) atoms. The first-order valence-corrected chi connectivity index (χ1v) is 3.43. The number of rotatable bonds is 2. The summed E-state index contributed by atoms with van der Waals surface area (Å²) < 4.78 is 25.6. The molecule has 1 aromatic rings. The summed E-state index contributed by atoms with van der Waals surface area (Å²) in [5, 5.41) is 18.4. The molecule has 4 nitrogen and oxygen atoms in total. The number of aliphatic carboxylic acids is 1. The average Bonchev–Trinajstić information content (AvgIpc) is 2.17. The van der Waals surface area contributed by atoms with Gasteiger partial charge < -0.3 is 9.90 Å². The maximum atomic E-state index is 12.8. The fourth-order valence-electron chi connectivity index (χ4n) is 0.791. The number of hydrogen-bond acceptors (Lipinski definition) is 4. The summed E-state index contributed by atoms with van der Waals surface area (Å²) >= 11 is 0. The fraction of sp³-hybridized carbons (Fsp3) is 0.125. The summed E-state index contributed by atoms with van der Waals surface area (Å²) in [5.41, 5.74) is -1.00. The fourth-order valence-corrected chi connectivity index (χ4v) is 0.791. The molecule has 0 spiro atoms. The van der Waals surface area contributed by atoms with Gasteiger partial charge in [-0.2, -0.15) is 14.0 Å². The maximum absolute atomic E-state index is 12.8. The number of pyridine rings is 1. The standard InChI is InChI=1S/C8H4F2N2O2.Li/c9-8(10,7(13)14)6-1-5(2-11)3-12-4-6;/h1,3-4H,(H,13,14);/q;+1/p-1. The second-order valence-corrected chi connectivity index (χ2v) is 2.44. The van der Waals surface area contributed by atoms with Crippen molar-refractivity contribution in [3.63, 3.8) is 0 Å². The van der Waals surface area contributed by atoms with E-state index in [4.69, 9.17) is 5.26 Å². The molecule has 72 valence electrons.